The number of aryl methyl sites for hydroxylation is 3. The van der Waals surface area contributed by atoms with E-state index in [1.165, 1.54) is 19.2 Å². The average molecular weight is 579 g/mol. The third kappa shape index (κ3) is 6.35. The van der Waals surface area contributed by atoms with Gasteiger partial charge in [-0.05, 0) is 60.1 Å². The van der Waals surface area contributed by atoms with Crippen molar-refractivity contribution in [3.8, 4) is 28.3 Å². The fourth-order valence-corrected chi connectivity index (χ4v) is 5.25. The van der Waals surface area contributed by atoms with E-state index >= 15 is 0 Å². The van der Waals surface area contributed by atoms with Crippen molar-refractivity contribution in [2.24, 2.45) is 18.0 Å². The molecule has 0 aliphatic heterocycles. The standard InChI is InChI=1S/C34H38N6O3/c1-6-16-35-19-26(17-21(3)7-2)22-8-10-23(11-9-22)32-30-28(39-40(32)4)15-13-25-20-36-34(38-31(25)30)37-27-14-12-24(33(41)42)18-29(27)43-5/h8-12,14,17-21H,6-7,13,15-16H2,1-5H3,(H,41,42)(H,36,37,38)/b26-17+,35-19?. The minimum absolute atomic E-state index is 0.139. The van der Waals surface area contributed by atoms with Gasteiger partial charge in [0, 0.05) is 37.1 Å². The molecule has 4 aromatic rings. The van der Waals surface area contributed by atoms with Crippen LogP contribution < -0.4 is 10.1 Å². The van der Waals surface area contributed by atoms with Gasteiger partial charge in [-0.25, -0.2) is 14.8 Å². The van der Waals surface area contributed by atoms with Crippen LogP contribution in [0.25, 0.3) is 28.1 Å². The molecule has 1 aliphatic carbocycles. The van der Waals surface area contributed by atoms with E-state index in [0.29, 0.717) is 23.3 Å². The number of carboxylic acid groups (broad SMARTS) is 1. The Kier molecular flexibility index (Phi) is 8.99. The van der Waals surface area contributed by atoms with Crippen molar-refractivity contribution in [1.82, 2.24) is 19.7 Å². The first-order valence-corrected chi connectivity index (χ1v) is 14.8. The van der Waals surface area contributed by atoms with Crippen LogP contribution >= 0.6 is 0 Å². The highest BCUT2D eigenvalue weighted by molar-refractivity contribution is 6.10. The van der Waals surface area contributed by atoms with Crippen molar-refractivity contribution in [3.63, 3.8) is 0 Å². The van der Waals surface area contributed by atoms with Crippen LogP contribution in [0.4, 0.5) is 11.6 Å². The molecule has 5 rings (SSSR count). The highest BCUT2D eigenvalue weighted by Crippen LogP contribution is 2.40. The fourth-order valence-electron chi connectivity index (χ4n) is 5.25. The van der Waals surface area contributed by atoms with Gasteiger partial charge in [0.2, 0.25) is 5.95 Å². The van der Waals surface area contributed by atoms with Crippen LogP contribution in [-0.2, 0) is 19.9 Å². The molecule has 1 atom stereocenters. The number of aromatic carboxylic acids is 1. The van der Waals surface area contributed by atoms with Crippen LogP contribution in [0.15, 0.2) is 59.7 Å². The quantitative estimate of drug-likeness (QED) is 0.184. The van der Waals surface area contributed by atoms with Crippen LogP contribution in [0.3, 0.4) is 0 Å². The Labute approximate surface area is 252 Å². The maximum Gasteiger partial charge on any atom is 0.335 e. The number of ether oxygens (including phenoxy) is 1. The number of aromatic nitrogens is 4. The number of hydrogen-bond donors (Lipinski definition) is 2. The third-order valence-electron chi connectivity index (χ3n) is 7.73. The second-order valence-electron chi connectivity index (χ2n) is 10.8. The third-order valence-corrected chi connectivity index (χ3v) is 7.73. The summed E-state index contributed by atoms with van der Waals surface area (Å²) in [5.74, 6) is 0.225. The van der Waals surface area contributed by atoms with Crippen molar-refractivity contribution in [2.75, 3.05) is 19.0 Å². The van der Waals surface area contributed by atoms with E-state index in [0.717, 1.165) is 77.1 Å². The molecule has 2 aromatic carbocycles. The van der Waals surface area contributed by atoms with Crippen LogP contribution in [0, 0.1) is 5.92 Å². The van der Waals surface area contributed by atoms with Gasteiger partial charge in [-0.3, -0.25) is 9.67 Å². The molecule has 2 heterocycles. The molecule has 9 nitrogen and oxygen atoms in total. The predicted molar refractivity (Wildman–Crippen MR) is 171 cm³/mol. The van der Waals surface area contributed by atoms with Gasteiger partial charge in [0.1, 0.15) is 5.75 Å². The van der Waals surface area contributed by atoms with Gasteiger partial charge >= 0.3 is 5.97 Å². The second kappa shape index (κ2) is 13.0. The summed E-state index contributed by atoms with van der Waals surface area (Å²) in [6.45, 7) is 7.38. The zero-order chi connectivity index (χ0) is 30.5. The number of carbonyl (C=O) groups is 1. The Morgan fingerprint density at radius 3 is 2.63 bits per heavy atom. The Hall–Kier alpha value is -4.79. The van der Waals surface area contributed by atoms with Crippen molar-refractivity contribution in [1.29, 1.82) is 0 Å². The van der Waals surface area contributed by atoms with Gasteiger partial charge in [-0.1, -0.05) is 57.5 Å². The molecule has 0 saturated carbocycles. The molecule has 43 heavy (non-hydrogen) atoms. The predicted octanol–water partition coefficient (Wildman–Crippen LogP) is 7.00. The molecular formula is C34H38N6O3. The lowest BCUT2D eigenvalue weighted by molar-refractivity contribution is 0.0696. The van der Waals surface area contributed by atoms with Crippen LogP contribution in [0.2, 0.25) is 0 Å². The fraction of sp³-hybridized carbons (Fsp3) is 0.324. The maximum absolute atomic E-state index is 11.4. The number of nitrogens with one attached hydrogen (secondary N) is 1. The van der Waals surface area contributed by atoms with E-state index in [2.05, 4.69) is 66.4 Å². The molecule has 1 unspecified atom stereocenters. The zero-order valence-electron chi connectivity index (χ0n) is 25.4. The van der Waals surface area contributed by atoms with E-state index in [1.54, 1.807) is 6.07 Å². The summed E-state index contributed by atoms with van der Waals surface area (Å²) in [6.07, 6.45) is 9.86. The van der Waals surface area contributed by atoms with Gasteiger partial charge in [-0.2, -0.15) is 5.10 Å². The Balaban J connectivity index is 1.51. The number of rotatable bonds is 11. The highest BCUT2D eigenvalue weighted by Gasteiger charge is 2.27. The minimum Gasteiger partial charge on any atom is -0.495 e. The number of anilines is 2. The summed E-state index contributed by atoms with van der Waals surface area (Å²) in [4.78, 5) is 25.5. The minimum atomic E-state index is -1.02. The van der Waals surface area contributed by atoms with Crippen LogP contribution in [0.1, 0.15) is 60.8 Å². The molecule has 0 fully saturated rings. The normalized spacial score (nSPS) is 13.5. The van der Waals surface area contributed by atoms with Crippen LogP contribution in [-0.4, -0.2) is 50.7 Å². The van der Waals surface area contributed by atoms with Crippen molar-refractivity contribution < 1.29 is 14.6 Å². The van der Waals surface area contributed by atoms with Gasteiger partial charge < -0.3 is 15.2 Å². The molecular weight excluding hydrogens is 540 g/mol. The summed E-state index contributed by atoms with van der Waals surface area (Å²) < 4.78 is 7.37. The number of fused-ring (bicyclic) bond motifs is 3. The molecule has 2 N–H and O–H groups in total. The summed E-state index contributed by atoms with van der Waals surface area (Å²) in [5, 5.41) is 17.4. The van der Waals surface area contributed by atoms with E-state index < -0.39 is 5.97 Å². The summed E-state index contributed by atoms with van der Waals surface area (Å²) in [7, 11) is 3.47. The smallest absolute Gasteiger partial charge is 0.335 e. The van der Waals surface area contributed by atoms with E-state index in [9.17, 15) is 9.90 Å². The number of hydrogen-bond acceptors (Lipinski definition) is 7. The topological polar surface area (TPSA) is 115 Å². The summed E-state index contributed by atoms with van der Waals surface area (Å²) in [6, 6.07) is 13.3. The number of carboxylic acids is 1. The van der Waals surface area contributed by atoms with Gasteiger partial charge in [0.15, 0.2) is 0 Å². The molecule has 2 aromatic heterocycles. The van der Waals surface area contributed by atoms with Crippen molar-refractivity contribution >= 4 is 29.4 Å². The lowest BCUT2D eigenvalue weighted by Crippen LogP contribution is -2.09. The Bertz CT molecular complexity index is 1690. The van der Waals surface area contributed by atoms with Gasteiger partial charge in [-0.15, -0.1) is 0 Å². The monoisotopic (exact) mass is 578 g/mol. The summed E-state index contributed by atoms with van der Waals surface area (Å²) >= 11 is 0. The Morgan fingerprint density at radius 1 is 1.16 bits per heavy atom. The number of aliphatic imine (C=N–C) groups is 1. The second-order valence-corrected chi connectivity index (χ2v) is 10.8. The largest absolute Gasteiger partial charge is 0.495 e. The number of benzene rings is 2. The first-order valence-electron chi connectivity index (χ1n) is 14.8. The van der Waals surface area contributed by atoms with Crippen LogP contribution in [0.5, 0.6) is 5.75 Å². The highest BCUT2D eigenvalue weighted by atomic mass is 16.5. The lowest BCUT2D eigenvalue weighted by Gasteiger charge is -2.18. The van der Waals surface area contributed by atoms with Crippen molar-refractivity contribution in [3.05, 3.63) is 77.1 Å². The Morgan fingerprint density at radius 2 is 1.93 bits per heavy atom. The van der Waals surface area contributed by atoms with Crippen molar-refractivity contribution in [2.45, 2.75) is 46.5 Å². The van der Waals surface area contributed by atoms with Gasteiger partial charge in [0.05, 0.1) is 35.4 Å². The number of methoxy groups -OCH3 is 1. The maximum atomic E-state index is 11.4. The van der Waals surface area contributed by atoms with E-state index in [1.807, 2.05) is 24.1 Å². The lowest BCUT2D eigenvalue weighted by atomic mass is 9.91. The molecule has 9 heteroatoms. The van der Waals surface area contributed by atoms with E-state index in [4.69, 9.17) is 14.8 Å². The molecule has 0 bridgehead atoms. The molecule has 0 saturated heterocycles. The number of allylic oxidation sites excluding steroid dienone is 2. The first kappa shape index (κ1) is 29.7. The first-order chi connectivity index (χ1) is 20.8. The molecule has 0 radical (unpaired) electrons. The molecule has 0 amide bonds. The molecule has 1 aliphatic rings. The van der Waals surface area contributed by atoms with Gasteiger partial charge in [0.25, 0.3) is 0 Å². The SMILES string of the molecule is CCCN=C/C(=C\C(C)CC)c1ccc(-c2c3c(nn2C)CCc2cnc(Nc4ccc(C(=O)O)cc4OC)nc2-3)cc1. The molecule has 222 valence electrons. The summed E-state index contributed by atoms with van der Waals surface area (Å²) in [5.41, 5.74) is 8.97. The molecule has 0 spiro atoms. The van der Waals surface area contributed by atoms with E-state index in [-0.39, 0.29) is 5.56 Å². The zero-order valence-corrected chi connectivity index (χ0v) is 25.4. The average Bonchev–Trinajstić information content (AvgIpc) is 3.36. The number of nitrogens with zero attached hydrogens (tertiary/aromatic N) is 5.